The zero-order valence-corrected chi connectivity index (χ0v) is 23.9. The van der Waals surface area contributed by atoms with E-state index in [1.807, 2.05) is 0 Å². The van der Waals surface area contributed by atoms with E-state index in [1.54, 1.807) is 24.3 Å². The summed E-state index contributed by atoms with van der Waals surface area (Å²) in [5, 5.41) is 7.84. The Hall–Kier alpha value is -2.86. The molecule has 3 atom stereocenters. The first kappa shape index (κ1) is 30.1. The molecule has 0 aromatic heterocycles. The van der Waals surface area contributed by atoms with Crippen LogP contribution >= 0.6 is 11.6 Å². The van der Waals surface area contributed by atoms with Crippen LogP contribution in [0.2, 0.25) is 5.02 Å². The van der Waals surface area contributed by atoms with Crippen LogP contribution in [0.3, 0.4) is 0 Å². The summed E-state index contributed by atoms with van der Waals surface area (Å²) in [6.45, 7) is 0.390. The van der Waals surface area contributed by atoms with Gasteiger partial charge in [0.15, 0.2) is 0 Å². The third-order valence-electron chi connectivity index (χ3n) is 7.68. The number of nitrogens with one attached hydrogen (secondary N) is 4. The molecule has 0 spiro atoms. The molecular weight excluding hydrogens is 560 g/mol. The van der Waals surface area contributed by atoms with Gasteiger partial charge in [-0.15, -0.1) is 0 Å². The van der Waals surface area contributed by atoms with Crippen LogP contribution in [0.1, 0.15) is 69.8 Å². The maximum absolute atomic E-state index is 13.5. The summed E-state index contributed by atoms with van der Waals surface area (Å²) >= 11 is 5.99. The van der Waals surface area contributed by atoms with Crippen LogP contribution in [0.4, 0.5) is 4.79 Å². The summed E-state index contributed by atoms with van der Waals surface area (Å²) in [7, 11) is -3.86. The highest BCUT2D eigenvalue weighted by molar-refractivity contribution is 7.90. The molecule has 4 rings (SSSR count). The van der Waals surface area contributed by atoms with Gasteiger partial charge in [-0.05, 0) is 55.7 Å². The van der Waals surface area contributed by atoms with Gasteiger partial charge in [-0.3, -0.25) is 19.1 Å². The monoisotopic (exact) mass is 596 g/mol. The Kier molecular flexibility index (Phi) is 10.3. The van der Waals surface area contributed by atoms with E-state index in [4.69, 9.17) is 16.3 Å². The Balaban J connectivity index is 1.45. The van der Waals surface area contributed by atoms with Crippen LogP contribution in [0, 0.1) is 11.8 Å². The zero-order chi connectivity index (χ0) is 28.7. The zero-order valence-electron chi connectivity index (χ0n) is 22.3. The van der Waals surface area contributed by atoms with Gasteiger partial charge in [0, 0.05) is 17.5 Å². The molecular formula is C27H37ClN4O7S. The van der Waals surface area contributed by atoms with Crippen molar-refractivity contribution in [2.24, 2.45) is 11.8 Å². The molecule has 2 saturated carbocycles. The fraction of sp³-hybridized carbons (Fsp3) is 0.630. The fourth-order valence-corrected chi connectivity index (χ4v) is 6.84. The van der Waals surface area contributed by atoms with Crippen molar-refractivity contribution in [3.8, 4) is 0 Å². The number of hydrogen-bond acceptors (Lipinski definition) is 7. The molecule has 13 heteroatoms. The van der Waals surface area contributed by atoms with Crippen molar-refractivity contribution in [2.45, 2.75) is 88.1 Å². The third kappa shape index (κ3) is 8.82. The number of rotatable bonds is 12. The van der Waals surface area contributed by atoms with Crippen LogP contribution in [-0.2, 0) is 35.8 Å². The minimum Gasteiger partial charge on any atom is -0.445 e. The molecule has 2 aliphatic carbocycles. The average molecular weight is 597 g/mol. The van der Waals surface area contributed by atoms with Crippen molar-refractivity contribution in [1.82, 2.24) is 20.7 Å². The summed E-state index contributed by atoms with van der Waals surface area (Å²) in [5.74, 6) is -2.13. The minimum absolute atomic E-state index is 0.0506. The number of carbonyl (C=O) groups is 4. The van der Waals surface area contributed by atoms with E-state index in [0.29, 0.717) is 42.8 Å². The lowest BCUT2D eigenvalue weighted by Crippen LogP contribution is -2.55. The lowest BCUT2D eigenvalue weighted by molar-refractivity contribution is -0.130. The second kappa shape index (κ2) is 13.7. The first-order valence-electron chi connectivity index (χ1n) is 13.9. The highest BCUT2D eigenvalue weighted by Gasteiger charge is 2.40. The molecule has 0 radical (unpaired) electrons. The molecule has 40 heavy (non-hydrogen) atoms. The van der Waals surface area contributed by atoms with Crippen LogP contribution in [0.15, 0.2) is 24.3 Å². The lowest BCUT2D eigenvalue weighted by atomic mass is 9.84. The van der Waals surface area contributed by atoms with Crippen LogP contribution in [-0.4, -0.2) is 56.1 Å². The molecule has 11 nitrogen and oxygen atoms in total. The Morgan fingerprint density at radius 1 is 0.975 bits per heavy atom. The Labute approximate surface area is 239 Å². The van der Waals surface area contributed by atoms with Gasteiger partial charge in [-0.1, -0.05) is 55.8 Å². The second-order valence-corrected chi connectivity index (χ2v) is 13.3. The molecule has 220 valence electrons. The molecule has 3 aliphatic rings. The number of alkyl carbamates (subject to hydrolysis) is 1. The van der Waals surface area contributed by atoms with Gasteiger partial charge in [-0.25, -0.2) is 13.2 Å². The summed E-state index contributed by atoms with van der Waals surface area (Å²) in [6, 6.07) is 4.57. The summed E-state index contributed by atoms with van der Waals surface area (Å²) in [6.07, 6.45) is 5.88. The Bertz CT molecular complexity index is 1200. The van der Waals surface area contributed by atoms with Crippen LogP contribution in [0.5, 0.6) is 0 Å². The smallest absolute Gasteiger partial charge is 0.408 e. The number of benzene rings is 1. The van der Waals surface area contributed by atoms with Gasteiger partial charge in [-0.2, -0.15) is 0 Å². The van der Waals surface area contributed by atoms with Crippen LogP contribution in [0.25, 0.3) is 0 Å². The Morgan fingerprint density at radius 2 is 1.70 bits per heavy atom. The number of sulfonamides is 1. The first-order chi connectivity index (χ1) is 19.1. The maximum Gasteiger partial charge on any atom is 0.408 e. The quantitative estimate of drug-likeness (QED) is 0.288. The van der Waals surface area contributed by atoms with E-state index < -0.39 is 51.2 Å². The first-order valence-corrected chi connectivity index (χ1v) is 15.8. The van der Waals surface area contributed by atoms with E-state index in [9.17, 15) is 27.6 Å². The standard InChI is InChI=1S/C27H37ClN4O7S/c28-20-8-4-7-18(13-20)16-39-27(36)31-22(14-17-5-2-1-3-6-17)25(34)30-23(15-19-11-12-29-24(19)33)26(35)32-40(37,38)21-9-10-21/h4,7-8,13,17,19,21-23H,1-3,5-6,9-12,14-16H2,(H,29,33)(H,30,34)(H,31,36)(H,32,35). The normalized spacial score (nSPS) is 21.1. The third-order valence-corrected chi connectivity index (χ3v) is 9.75. The van der Waals surface area contributed by atoms with Gasteiger partial charge in [0.1, 0.15) is 18.7 Å². The van der Waals surface area contributed by atoms with E-state index in [1.165, 1.54) is 0 Å². The molecule has 3 fully saturated rings. The molecule has 1 aliphatic heterocycles. The van der Waals surface area contributed by atoms with E-state index in [2.05, 4.69) is 20.7 Å². The van der Waals surface area contributed by atoms with E-state index in [-0.39, 0.29) is 24.9 Å². The summed E-state index contributed by atoms with van der Waals surface area (Å²) in [5.41, 5.74) is 0.680. The number of amides is 4. The molecule has 1 saturated heterocycles. The summed E-state index contributed by atoms with van der Waals surface area (Å²) < 4.78 is 32.3. The van der Waals surface area contributed by atoms with Crippen molar-refractivity contribution >= 4 is 45.4 Å². The molecule has 4 amide bonds. The maximum atomic E-state index is 13.5. The predicted molar refractivity (Wildman–Crippen MR) is 148 cm³/mol. The van der Waals surface area contributed by atoms with Crippen molar-refractivity contribution in [1.29, 1.82) is 0 Å². The van der Waals surface area contributed by atoms with Crippen molar-refractivity contribution in [3.63, 3.8) is 0 Å². The number of halogens is 1. The molecule has 3 unspecified atom stereocenters. The largest absolute Gasteiger partial charge is 0.445 e. The molecule has 0 bridgehead atoms. The average Bonchev–Trinajstić information content (AvgIpc) is 3.71. The molecule has 1 heterocycles. The van der Waals surface area contributed by atoms with E-state index >= 15 is 0 Å². The second-order valence-electron chi connectivity index (χ2n) is 10.9. The topological polar surface area (TPSA) is 160 Å². The highest BCUT2D eigenvalue weighted by Crippen LogP contribution is 2.29. The number of ether oxygens (including phenoxy) is 1. The van der Waals surface area contributed by atoms with Gasteiger partial charge < -0.3 is 20.7 Å². The SMILES string of the molecule is O=C(NC(CC1CCCCC1)C(=O)NC(CC1CCNC1=O)C(=O)NS(=O)(=O)C1CC1)OCc1cccc(Cl)c1. The van der Waals surface area contributed by atoms with Crippen LogP contribution < -0.4 is 20.7 Å². The predicted octanol–water partition coefficient (Wildman–Crippen LogP) is 2.52. The van der Waals surface area contributed by atoms with Crippen molar-refractivity contribution in [3.05, 3.63) is 34.9 Å². The lowest BCUT2D eigenvalue weighted by Gasteiger charge is -2.28. The minimum atomic E-state index is -3.86. The van der Waals surface area contributed by atoms with Gasteiger partial charge in [0.25, 0.3) is 5.91 Å². The van der Waals surface area contributed by atoms with E-state index in [0.717, 1.165) is 32.1 Å². The Morgan fingerprint density at radius 3 is 2.35 bits per heavy atom. The van der Waals surface area contributed by atoms with Gasteiger partial charge in [0.05, 0.1) is 5.25 Å². The molecule has 4 N–H and O–H groups in total. The fourth-order valence-electron chi connectivity index (χ4n) is 5.28. The van der Waals surface area contributed by atoms with Gasteiger partial charge in [0.2, 0.25) is 21.8 Å². The van der Waals surface area contributed by atoms with Gasteiger partial charge >= 0.3 is 6.09 Å². The number of carbonyl (C=O) groups excluding carboxylic acids is 4. The highest BCUT2D eigenvalue weighted by atomic mass is 35.5. The summed E-state index contributed by atoms with van der Waals surface area (Å²) in [4.78, 5) is 51.5. The molecule has 1 aromatic carbocycles. The van der Waals surface area contributed by atoms with Crippen molar-refractivity contribution < 1.29 is 32.3 Å². The molecule has 1 aromatic rings. The van der Waals surface area contributed by atoms with Crippen molar-refractivity contribution in [2.75, 3.05) is 6.54 Å². The number of hydrogen-bond donors (Lipinski definition) is 4.